The van der Waals surface area contributed by atoms with Gasteiger partial charge in [-0.2, -0.15) is 10.5 Å². The lowest BCUT2D eigenvalue weighted by Crippen LogP contribution is -2.15. The fourth-order valence-electron chi connectivity index (χ4n) is 9.99. The van der Waals surface area contributed by atoms with Gasteiger partial charge in [0.05, 0.1) is 23.3 Å². The summed E-state index contributed by atoms with van der Waals surface area (Å²) in [5, 5.41) is 28.8. The van der Waals surface area contributed by atoms with E-state index in [0.717, 1.165) is 27.6 Å². The fourth-order valence-corrected chi connectivity index (χ4v) is 9.99. The van der Waals surface area contributed by atoms with E-state index in [1.54, 1.807) is 0 Å². The van der Waals surface area contributed by atoms with Crippen molar-refractivity contribution in [1.82, 2.24) is 0 Å². The minimum atomic E-state index is -0.0687. The lowest BCUT2D eigenvalue weighted by Gasteiger charge is -2.23. The normalized spacial score (nSPS) is 13.5. The van der Waals surface area contributed by atoms with E-state index < -0.39 is 0 Å². The van der Waals surface area contributed by atoms with E-state index >= 15 is 0 Å². The van der Waals surface area contributed by atoms with Crippen molar-refractivity contribution in [2.24, 2.45) is 0 Å². The molecule has 0 saturated carbocycles. The topological polar surface area (TPSA) is 47.6 Å². The fraction of sp³-hybridized carbons (Fsp3) is 0.0714. The van der Waals surface area contributed by atoms with Crippen LogP contribution < -0.4 is 0 Å². The minimum absolute atomic E-state index is 0.0687. The van der Waals surface area contributed by atoms with Gasteiger partial charge in [-0.1, -0.05) is 123 Å². The Morgan fingerprint density at radius 2 is 0.948 bits per heavy atom. The highest BCUT2D eigenvalue weighted by molar-refractivity contribution is 6.27. The number of nitriles is 2. The van der Waals surface area contributed by atoms with Gasteiger partial charge in [-0.25, -0.2) is 0 Å². The zero-order valence-electron chi connectivity index (χ0n) is 32.5. The first-order chi connectivity index (χ1) is 28.3. The van der Waals surface area contributed by atoms with E-state index in [-0.39, 0.29) is 5.41 Å². The summed E-state index contributed by atoms with van der Waals surface area (Å²) in [4.78, 5) is 0. The summed E-state index contributed by atoms with van der Waals surface area (Å²) in [5.41, 5.74) is 18.3. The highest BCUT2D eigenvalue weighted by Crippen LogP contribution is 2.54. The lowest BCUT2D eigenvalue weighted by atomic mass is 9.80. The van der Waals surface area contributed by atoms with E-state index in [9.17, 15) is 10.5 Å². The van der Waals surface area contributed by atoms with Crippen LogP contribution in [0.4, 0.5) is 0 Å². The third-order valence-corrected chi connectivity index (χ3v) is 13.2. The first-order valence-corrected chi connectivity index (χ1v) is 19.8. The zero-order valence-corrected chi connectivity index (χ0v) is 32.5. The van der Waals surface area contributed by atoms with E-state index in [1.807, 2.05) is 30.3 Å². The molecule has 0 N–H and O–H groups in total. The number of fused-ring (bicyclic) bond motifs is 9. The number of rotatable bonds is 4. The predicted molar refractivity (Wildman–Crippen MR) is 242 cm³/mol. The maximum absolute atomic E-state index is 9.66. The van der Waals surface area contributed by atoms with Crippen molar-refractivity contribution in [2.75, 3.05) is 0 Å². The Bertz CT molecular complexity index is 3430. The standard InChI is InChI=1S/C56H36N2/c1-5-38-32(2)56(3,4)54-25-37(21-22-42(38)54)39-23-24-45-50-28-51-47(36-19-15-34(31-58)16-20-36)27-48-41-10-7-6-9-40(41)46(35-17-13-33(30-57)14-18-35)26-52(48)53(51)29-49(50)44-12-8-11-43(39)55(44)45/h5-29H,1H2,2-4H3. The van der Waals surface area contributed by atoms with Gasteiger partial charge in [0.15, 0.2) is 0 Å². The first-order valence-electron chi connectivity index (χ1n) is 19.8. The van der Waals surface area contributed by atoms with Gasteiger partial charge in [-0.05, 0) is 177 Å². The maximum atomic E-state index is 9.66. The van der Waals surface area contributed by atoms with Gasteiger partial charge in [0.25, 0.3) is 0 Å². The van der Waals surface area contributed by atoms with Crippen LogP contribution in [0.2, 0.25) is 0 Å². The average Bonchev–Trinajstić information content (AvgIpc) is 3.68. The SMILES string of the molecule is C=CC1=C(C)C(C)(C)c2cc(-c3ccc4c5c(cccc35)-c3cc5c(cc3-4)c(-c3ccc(C#N)cc3)cc3c4ccccc4c(-c4ccc(C#N)cc4)cc53)ccc21. The van der Waals surface area contributed by atoms with Crippen molar-refractivity contribution in [2.45, 2.75) is 26.2 Å². The second kappa shape index (κ2) is 12.2. The molecule has 0 heterocycles. The van der Waals surface area contributed by atoms with Crippen LogP contribution in [0.15, 0.2) is 164 Å². The molecular formula is C56H36N2. The van der Waals surface area contributed by atoms with Crippen LogP contribution in [-0.4, -0.2) is 0 Å². The molecule has 0 bridgehead atoms. The Morgan fingerprint density at radius 1 is 0.448 bits per heavy atom. The van der Waals surface area contributed by atoms with E-state index in [0.29, 0.717) is 11.1 Å². The molecule has 2 nitrogen and oxygen atoms in total. The van der Waals surface area contributed by atoms with Gasteiger partial charge in [-0.3, -0.25) is 0 Å². The highest BCUT2D eigenvalue weighted by Gasteiger charge is 2.35. The Kier molecular flexibility index (Phi) is 7.13. The van der Waals surface area contributed by atoms with Gasteiger partial charge < -0.3 is 0 Å². The van der Waals surface area contributed by atoms with Crippen LogP contribution in [0.3, 0.4) is 0 Å². The van der Waals surface area contributed by atoms with E-state index in [4.69, 9.17) is 0 Å². The van der Waals surface area contributed by atoms with Crippen LogP contribution in [0.5, 0.6) is 0 Å². The average molecular weight is 737 g/mol. The van der Waals surface area contributed by atoms with Crippen molar-refractivity contribution in [3.8, 4) is 67.8 Å². The third kappa shape index (κ3) is 4.64. The summed E-state index contributed by atoms with van der Waals surface area (Å²) in [6.07, 6.45) is 2.01. The molecule has 2 heteroatoms. The van der Waals surface area contributed by atoms with Gasteiger partial charge in [-0.15, -0.1) is 0 Å². The van der Waals surface area contributed by atoms with E-state index in [2.05, 4.69) is 161 Å². The summed E-state index contributed by atoms with van der Waals surface area (Å²) in [6, 6.07) is 57.0. The number of benzene rings is 9. The Balaban J connectivity index is 1.19. The zero-order chi connectivity index (χ0) is 39.4. The molecule has 0 fully saturated rings. The second-order valence-electron chi connectivity index (χ2n) is 16.3. The molecule has 0 unspecified atom stereocenters. The monoisotopic (exact) mass is 736 g/mol. The molecule has 0 aromatic heterocycles. The van der Waals surface area contributed by atoms with Crippen LogP contribution in [0.1, 0.15) is 43.0 Å². The predicted octanol–water partition coefficient (Wildman–Crippen LogP) is 14.9. The summed E-state index contributed by atoms with van der Waals surface area (Å²) < 4.78 is 0. The first kappa shape index (κ1) is 33.8. The molecule has 0 aliphatic heterocycles. The second-order valence-corrected chi connectivity index (χ2v) is 16.3. The van der Waals surface area contributed by atoms with Crippen molar-refractivity contribution in [1.29, 1.82) is 10.5 Å². The van der Waals surface area contributed by atoms with Gasteiger partial charge in [0.2, 0.25) is 0 Å². The van der Waals surface area contributed by atoms with Crippen LogP contribution in [0, 0.1) is 22.7 Å². The molecular weight excluding hydrogens is 701 g/mol. The molecule has 2 aliphatic rings. The van der Waals surface area contributed by atoms with Gasteiger partial charge in [0, 0.05) is 5.41 Å². The van der Waals surface area contributed by atoms with Crippen molar-refractivity contribution < 1.29 is 0 Å². The smallest absolute Gasteiger partial charge is 0.0991 e. The molecule has 0 spiro atoms. The third-order valence-electron chi connectivity index (χ3n) is 13.2. The number of nitrogens with zero attached hydrogens (tertiary/aromatic N) is 2. The maximum Gasteiger partial charge on any atom is 0.0991 e. The Morgan fingerprint density at radius 3 is 1.60 bits per heavy atom. The lowest BCUT2D eigenvalue weighted by molar-refractivity contribution is 0.639. The number of allylic oxidation sites excluding steroid dienone is 3. The molecule has 0 atom stereocenters. The molecule has 0 amide bonds. The number of hydrogen-bond donors (Lipinski definition) is 0. The van der Waals surface area contributed by atoms with E-state index in [1.165, 1.54) is 93.4 Å². The molecule has 9 aromatic rings. The van der Waals surface area contributed by atoms with Crippen molar-refractivity contribution in [3.63, 3.8) is 0 Å². The van der Waals surface area contributed by atoms with Crippen LogP contribution >= 0.6 is 0 Å². The Hall–Kier alpha value is -7.52. The summed E-state index contributed by atoms with van der Waals surface area (Å²) >= 11 is 0. The van der Waals surface area contributed by atoms with Crippen LogP contribution in [-0.2, 0) is 5.41 Å². The number of hydrogen-bond acceptors (Lipinski definition) is 2. The molecule has 11 rings (SSSR count). The summed E-state index contributed by atoms with van der Waals surface area (Å²) in [5.74, 6) is 0. The molecule has 0 radical (unpaired) electrons. The Labute approximate surface area is 337 Å². The molecule has 58 heavy (non-hydrogen) atoms. The highest BCUT2D eigenvalue weighted by atomic mass is 14.4. The quantitative estimate of drug-likeness (QED) is 0.169. The molecule has 9 aromatic carbocycles. The van der Waals surface area contributed by atoms with Crippen LogP contribution in [0.25, 0.3) is 104 Å². The minimum Gasteiger partial charge on any atom is -0.192 e. The van der Waals surface area contributed by atoms with Gasteiger partial charge in [0.1, 0.15) is 0 Å². The summed E-state index contributed by atoms with van der Waals surface area (Å²) in [6.45, 7) is 11.0. The molecule has 2 aliphatic carbocycles. The van der Waals surface area contributed by atoms with Crippen molar-refractivity contribution in [3.05, 3.63) is 186 Å². The van der Waals surface area contributed by atoms with Gasteiger partial charge >= 0.3 is 0 Å². The summed E-state index contributed by atoms with van der Waals surface area (Å²) in [7, 11) is 0. The largest absolute Gasteiger partial charge is 0.192 e. The van der Waals surface area contributed by atoms with Crippen molar-refractivity contribution >= 4 is 48.7 Å². The molecule has 0 saturated heterocycles. The molecule has 270 valence electrons.